The lowest BCUT2D eigenvalue weighted by molar-refractivity contribution is -0.113. The van der Waals surface area contributed by atoms with E-state index in [2.05, 4.69) is 63.3 Å². The zero-order valence-electron chi connectivity index (χ0n) is 18.2. The van der Waals surface area contributed by atoms with E-state index in [4.69, 9.17) is 0 Å². The van der Waals surface area contributed by atoms with Gasteiger partial charge in [0.05, 0.1) is 11.3 Å². The standard InChI is InChI=1S/C23H24BrN5OS2/c1-23(2,3)14-6-9-16-17(11-25)21(32-18(16)10-14)26-19(30)12-31-22-27-20(28-29-22)13-4-7-15(24)8-5-13/h4-5,7-8,14H,6,9-10,12H2,1-3H3,(H,26,30)(H,27,28,29)/t14-/m1/s1. The van der Waals surface area contributed by atoms with Crippen molar-refractivity contribution >= 4 is 49.9 Å². The van der Waals surface area contributed by atoms with Crippen molar-refractivity contribution in [2.75, 3.05) is 11.1 Å². The minimum Gasteiger partial charge on any atom is -0.316 e. The number of halogens is 1. The van der Waals surface area contributed by atoms with E-state index >= 15 is 0 Å². The number of aromatic amines is 1. The number of carbonyl (C=O) groups is 1. The molecular weight excluding hydrogens is 506 g/mol. The quantitative estimate of drug-likeness (QED) is 0.392. The van der Waals surface area contributed by atoms with Crippen LogP contribution in [0.15, 0.2) is 33.9 Å². The summed E-state index contributed by atoms with van der Waals surface area (Å²) in [7, 11) is 0. The van der Waals surface area contributed by atoms with Gasteiger partial charge in [0.15, 0.2) is 5.82 Å². The molecule has 1 aromatic carbocycles. The van der Waals surface area contributed by atoms with Crippen LogP contribution in [0.3, 0.4) is 0 Å². The molecule has 9 heteroatoms. The summed E-state index contributed by atoms with van der Waals surface area (Å²) in [5.41, 5.74) is 2.91. The number of aromatic nitrogens is 3. The molecule has 1 aliphatic rings. The summed E-state index contributed by atoms with van der Waals surface area (Å²) in [5, 5.41) is 21.0. The zero-order valence-corrected chi connectivity index (χ0v) is 21.4. The molecular formula is C23H24BrN5OS2. The van der Waals surface area contributed by atoms with Crippen molar-refractivity contribution < 1.29 is 4.79 Å². The predicted molar refractivity (Wildman–Crippen MR) is 133 cm³/mol. The van der Waals surface area contributed by atoms with Gasteiger partial charge < -0.3 is 5.32 Å². The molecule has 0 bridgehead atoms. The third kappa shape index (κ3) is 5.08. The first kappa shape index (κ1) is 23.0. The van der Waals surface area contributed by atoms with Crippen molar-refractivity contribution in [3.63, 3.8) is 0 Å². The highest BCUT2D eigenvalue weighted by Crippen LogP contribution is 2.44. The fourth-order valence-electron chi connectivity index (χ4n) is 3.87. The number of thiophene rings is 1. The molecule has 0 unspecified atom stereocenters. The minimum absolute atomic E-state index is 0.160. The van der Waals surface area contributed by atoms with Crippen LogP contribution in [0.25, 0.3) is 11.4 Å². The predicted octanol–water partition coefficient (Wildman–Crippen LogP) is 6.05. The zero-order chi connectivity index (χ0) is 22.9. The second kappa shape index (κ2) is 9.38. The highest BCUT2D eigenvalue weighted by molar-refractivity contribution is 9.10. The van der Waals surface area contributed by atoms with E-state index in [0.29, 0.717) is 27.5 Å². The number of hydrogen-bond acceptors (Lipinski definition) is 6. The molecule has 0 saturated heterocycles. The van der Waals surface area contributed by atoms with Gasteiger partial charge in [-0.1, -0.05) is 60.6 Å². The molecule has 2 heterocycles. The maximum absolute atomic E-state index is 12.6. The third-order valence-corrected chi connectivity index (χ3v) is 8.32. The Labute approximate surface area is 204 Å². The van der Waals surface area contributed by atoms with Crippen LogP contribution in [0, 0.1) is 22.7 Å². The van der Waals surface area contributed by atoms with Gasteiger partial charge in [0, 0.05) is 14.9 Å². The number of anilines is 1. The number of nitriles is 1. The molecule has 1 amide bonds. The smallest absolute Gasteiger partial charge is 0.235 e. The van der Waals surface area contributed by atoms with Crippen molar-refractivity contribution in [2.24, 2.45) is 11.3 Å². The molecule has 6 nitrogen and oxygen atoms in total. The number of nitrogens with one attached hydrogen (secondary N) is 2. The van der Waals surface area contributed by atoms with Crippen molar-refractivity contribution in [3.8, 4) is 17.5 Å². The summed E-state index contributed by atoms with van der Waals surface area (Å²) in [4.78, 5) is 18.3. The number of benzene rings is 1. The molecule has 0 spiro atoms. The molecule has 4 rings (SSSR count). The lowest BCUT2D eigenvalue weighted by atomic mass is 9.72. The van der Waals surface area contributed by atoms with E-state index in [1.165, 1.54) is 16.6 Å². The average Bonchev–Trinajstić information content (AvgIpc) is 3.35. The van der Waals surface area contributed by atoms with Crippen molar-refractivity contribution in [3.05, 3.63) is 44.7 Å². The first-order valence-electron chi connectivity index (χ1n) is 10.4. The summed E-state index contributed by atoms with van der Waals surface area (Å²) in [6.07, 6.45) is 2.95. The van der Waals surface area contributed by atoms with Gasteiger partial charge in [-0.25, -0.2) is 4.98 Å². The van der Waals surface area contributed by atoms with Gasteiger partial charge in [-0.3, -0.25) is 9.89 Å². The van der Waals surface area contributed by atoms with Crippen LogP contribution in [-0.4, -0.2) is 26.8 Å². The second-order valence-electron chi connectivity index (χ2n) is 8.94. The van der Waals surface area contributed by atoms with Crippen LogP contribution in [0.2, 0.25) is 0 Å². The van der Waals surface area contributed by atoms with Crippen LogP contribution < -0.4 is 5.32 Å². The molecule has 0 aliphatic heterocycles. The Morgan fingerprint density at radius 2 is 2.12 bits per heavy atom. The van der Waals surface area contributed by atoms with Gasteiger partial charge in [0.25, 0.3) is 0 Å². The van der Waals surface area contributed by atoms with E-state index in [9.17, 15) is 10.1 Å². The highest BCUT2D eigenvalue weighted by atomic mass is 79.9. The molecule has 1 aliphatic carbocycles. The summed E-state index contributed by atoms with van der Waals surface area (Å²) in [6, 6.07) is 10.1. The molecule has 2 aromatic heterocycles. The Bertz CT molecular complexity index is 1170. The van der Waals surface area contributed by atoms with Gasteiger partial charge in [0.2, 0.25) is 11.1 Å². The van der Waals surface area contributed by atoms with E-state index in [1.807, 2.05) is 24.3 Å². The number of thioether (sulfide) groups is 1. The van der Waals surface area contributed by atoms with Gasteiger partial charge in [-0.2, -0.15) is 5.26 Å². The fourth-order valence-corrected chi connectivity index (χ4v) is 6.03. The number of H-pyrrole nitrogens is 1. The Hall–Kier alpha value is -2.15. The normalized spacial score (nSPS) is 15.8. The topological polar surface area (TPSA) is 94.5 Å². The van der Waals surface area contributed by atoms with Gasteiger partial charge in [0.1, 0.15) is 11.1 Å². The molecule has 166 valence electrons. The van der Waals surface area contributed by atoms with Crippen molar-refractivity contribution in [1.29, 1.82) is 5.26 Å². The second-order valence-corrected chi connectivity index (χ2v) is 11.9. The molecule has 0 saturated carbocycles. The van der Waals surface area contributed by atoms with Crippen LogP contribution in [0.4, 0.5) is 5.00 Å². The van der Waals surface area contributed by atoms with E-state index in [0.717, 1.165) is 34.9 Å². The number of fused-ring (bicyclic) bond motifs is 1. The number of amides is 1. The lowest BCUT2D eigenvalue weighted by Gasteiger charge is -2.33. The SMILES string of the molecule is CC(C)(C)[C@@H]1CCc2c(sc(NC(=O)CSc3n[nH]c(-c4ccc(Br)cc4)n3)c2C#N)C1. The summed E-state index contributed by atoms with van der Waals surface area (Å²) in [5.74, 6) is 1.26. The Balaban J connectivity index is 1.39. The summed E-state index contributed by atoms with van der Waals surface area (Å²) in [6.45, 7) is 6.81. The number of hydrogen-bond donors (Lipinski definition) is 2. The van der Waals surface area contributed by atoms with Crippen molar-refractivity contribution in [2.45, 2.75) is 45.2 Å². The largest absolute Gasteiger partial charge is 0.316 e. The number of carbonyl (C=O) groups excluding carboxylic acids is 1. The van der Waals surface area contributed by atoms with Crippen LogP contribution >= 0.6 is 39.0 Å². The Kier molecular flexibility index (Phi) is 6.75. The first-order valence-corrected chi connectivity index (χ1v) is 13.0. The van der Waals surface area contributed by atoms with E-state index in [1.54, 1.807) is 11.3 Å². The first-order chi connectivity index (χ1) is 15.2. The molecule has 32 heavy (non-hydrogen) atoms. The Morgan fingerprint density at radius 1 is 1.38 bits per heavy atom. The third-order valence-electron chi connectivity index (χ3n) is 5.77. The van der Waals surface area contributed by atoms with Crippen LogP contribution in [0.1, 0.15) is 43.2 Å². The number of rotatable bonds is 5. The van der Waals surface area contributed by atoms with Crippen LogP contribution in [-0.2, 0) is 17.6 Å². The maximum atomic E-state index is 12.6. The monoisotopic (exact) mass is 529 g/mol. The van der Waals surface area contributed by atoms with Gasteiger partial charge in [-0.15, -0.1) is 16.4 Å². The fraction of sp³-hybridized carbons (Fsp3) is 0.391. The Morgan fingerprint density at radius 3 is 2.81 bits per heavy atom. The number of nitrogens with zero attached hydrogens (tertiary/aromatic N) is 3. The van der Waals surface area contributed by atoms with Gasteiger partial charge in [-0.05, 0) is 48.3 Å². The van der Waals surface area contributed by atoms with Gasteiger partial charge >= 0.3 is 0 Å². The minimum atomic E-state index is -0.160. The molecule has 3 aromatic rings. The average molecular weight is 531 g/mol. The molecule has 0 fully saturated rings. The van der Waals surface area contributed by atoms with Crippen LogP contribution in [0.5, 0.6) is 0 Å². The summed E-state index contributed by atoms with van der Waals surface area (Å²) < 4.78 is 0.993. The van der Waals surface area contributed by atoms with Crippen molar-refractivity contribution in [1.82, 2.24) is 15.2 Å². The maximum Gasteiger partial charge on any atom is 0.235 e. The molecule has 2 N–H and O–H groups in total. The lowest BCUT2D eigenvalue weighted by Crippen LogP contribution is -2.26. The summed E-state index contributed by atoms with van der Waals surface area (Å²) >= 11 is 6.24. The molecule has 1 atom stereocenters. The van der Waals surface area contributed by atoms with E-state index < -0.39 is 0 Å². The molecule has 0 radical (unpaired) electrons. The highest BCUT2D eigenvalue weighted by Gasteiger charge is 2.32. The van der Waals surface area contributed by atoms with E-state index in [-0.39, 0.29) is 17.1 Å².